The second kappa shape index (κ2) is 3.77. The smallest absolute Gasteiger partial charge is 0.0751 e. The molecule has 0 saturated carbocycles. The van der Waals surface area contributed by atoms with Gasteiger partial charge in [0, 0.05) is 5.75 Å². The lowest BCUT2D eigenvalue weighted by molar-refractivity contribution is -0.0429. The van der Waals surface area contributed by atoms with Crippen LogP contribution in [0.1, 0.15) is 13.8 Å². The molecule has 0 aromatic heterocycles. The van der Waals surface area contributed by atoms with Crippen molar-refractivity contribution >= 4 is 20.7 Å². The lowest BCUT2D eigenvalue weighted by Crippen LogP contribution is -2.09. The third-order valence-corrected chi connectivity index (χ3v) is 3.54. The van der Waals surface area contributed by atoms with E-state index in [2.05, 4.69) is 13.8 Å². The molecule has 1 fully saturated rings. The zero-order valence-electron chi connectivity index (χ0n) is 5.76. The molecule has 0 N–H and O–H groups in total. The van der Waals surface area contributed by atoms with Crippen molar-refractivity contribution in [2.75, 3.05) is 11.9 Å². The van der Waals surface area contributed by atoms with Gasteiger partial charge in [0.1, 0.15) is 0 Å². The second-order valence-electron chi connectivity index (χ2n) is 2.15. The SMILES string of the molecule is CC(C)ON1PCCS1. The fourth-order valence-electron chi connectivity index (χ4n) is 0.570. The van der Waals surface area contributed by atoms with Crippen LogP contribution >= 0.6 is 20.7 Å². The first kappa shape index (κ1) is 7.80. The molecule has 0 aromatic carbocycles. The summed E-state index contributed by atoms with van der Waals surface area (Å²) in [6, 6.07) is 0. The summed E-state index contributed by atoms with van der Waals surface area (Å²) in [4.78, 5) is 5.42. The van der Waals surface area contributed by atoms with Gasteiger partial charge >= 0.3 is 0 Å². The summed E-state index contributed by atoms with van der Waals surface area (Å²) in [6.07, 6.45) is 1.63. The van der Waals surface area contributed by atoms with Gasteiger partial charge in [0.05, 0.1) is 6.10 Å². The molecule has 0 radical (unpaired) electrons. The van der Waals surface area contributed by atoms with E-state index >= 15 is 0 Å². The molecule has 1 saturated heterocycles. The van der Waals surface area contributed by atoms with Gasteiger partial charge < -0.3 is 0 Å². The molecule has 4 heteroatoms. The van der Waals surface area contributed by atoms with Gasteiger partial charge in [-0.1, -0.05) is 0 Å². The Morgan fingerprint density at radius 1 is 1.67 bits per heavy atom. The van der Waals surface area contributed by atoms with Crippen molar-refractivity contribution in [3.05, 3.63) is 0 Å². The number of hydrogen-bond acceptors (Lipinski definition) is 3. The van der Waals surface area contributed by atoms with Gasteiger partial charge in [-0.2, -0.15) is 0 Å². The van der Waals surface area contributed by atoms with Crippen LogP contribution in [0.4, 0.5) is 0 Å². The van der Waals surface area contributed by atoms with Crippen LogP contribution in [0.3, 0.4) is 0 Å². The highest BCUT2D eigenvalue weighted by Crippen LogP contribution is 2.35. The maximum Gasteiger partial charge on any atom is 0.0751 e. The van der Waals surface area contributed by atoms with Crippen molar-refractivity contribution in [1.82, 2.24) is 4.24 Å². The van der Waals surface area contributed by atoms with Crippen molar-refractivity contribution in [2.24, 2.45) is 0 Å². The third-order valence-electron chi connectivity index (χ3n) is 0.858. The van der Waals surface area contributed by atoms with Crippen molar-refractivity contribution in [1.29, 1.82) is 0 Å². The highest BCUT2D eigenvalue weighted by atomic mass is 32.2. The molecule has 1 aliphatic rings. The molecule has 1 aliphatic heterocycles. The highest BCUT2D eigenvalue weighted by Gasteiger charge is 2.13. The Balaban J connectivity index is 2.11. The quantitative estimate of drug-likeness (QED) is 0.458. The zero-order valence-corrected chi connectivity index (χ0v) is 7.57. The van der Waals surface area contributed by atoms with Crippen LogP contribution in [0, 0.1) is 0 Å². The summed E-state index contributed by atoms with van der Waals surface area (Å²) >= 11 is 1.79. The molecule has 0 aromatic rings. The summed E-state index contributed by atoms with van der Waals surface area (Å²) in [6.45, 7) is 4.12. The Morgan fingerprint density at radius 3 is 2.89 bits per heavy atom. The van der Waals surface area contributed by atoms with Crippen LogP contribution in [-0.4, -0.2) is 22.3 Å². The Kier molecular flexibility index (Phi) is 3.27. The molecule has 9 heavy (non-hydrogen) atoms. The molecule has 0 spiro atoms. The molecule has 0 bridgehead atoms. The summed E-state index contributed by atoms with van der Waals surface area (Å²) in [5.74, 6) is 1.23. The summed E-state index contributed by atoms with van der Waals surface area (Å²) in [7, 11) is 0.867. The topological polar surface area (TPSA) is 12.5 Å². The Morgan fingerprint density at radius 2 is 2.44 bits per heavy atom. The molecule has 1 heterocycles. The van der Waals surface area contributed by atoms with Crippen LogP contribution in [0.15, 0.2) is 0 Å². The lowest BCUT2D eigenvalue weighted by Gasteiger charge is -2.15. The second-order valence-corrected chi connectivity index (χ2v) is 4.70. The first-order valence-corrected chi connectivity index (χ1v) is 5.22. The van der Waals surface area contributed by atoms with Gasteiger partial charge in [0.2, 0.25) is 0 Å². The predicted molar refractivity (Wildman–Crippen MR) is 43.7 cm³/mol. The minimum absolute atomic E-state index is 0.336. The summed E-state index contributed by atoms with van der Waals surface area (Å²) in [5.41, 5.74) is 0. The van der Waals surface area contributed by atoms with Crippen molar-refractivity contribution in [3.63, 3.8) is 0 Å². The normalized spacial score (nSPS) is 24.3. The fraction of sp³-hybridized carbons (Fsp3) is 1.00. The average Bonchev–Trinajstić information content (AvgIpc) is 2.15. The molecule has 0 aliphatic carbocycles. The molecule has 2 nitrogen and oxygen atoms in total. The fourth-order valence-corrected chi connectivity index (χ4v) is 3.08. The van der Waals surface area contributed by atoms with E-state index in [1.807, 2.05) is 4.24 Å². The van der Waals surface area contributed by atoms with E-state index in [1.165, 1.54) is 11.9 Å². The Hall–Kier alpha value is 0.700. The van der Waals surface area contributed by atoms with E-state index in [9.17, 15) is 0 Å². The van der Waals surface area contributed by atoms with E-state index in [1.54, 1.807) is 11.9 Å². The van der Waals surface area contributed by atoms with Gasteiger partial charge in [-0.15, -0.1) is 4.24 Å². The monoisotopic (exact) mass is 165 g/mol. The van der Waals surface area contributed by atoms with Gasteiger partial charge in [0.15, 0.2) is 0 Å². The van der Waals surface area contributed by atoms with E-state index in [4.69, 9.17) is 4.84 Å². The first-order chi connectivity index (χ1) is 4.29. The minimum atomic E-state index is 0.336. The molecule has 1 rings (SSSR count). The Labute approximate surface area is 62.3 Å². The first-order valence-electron chi connectivity index (χ1n) is 3.12. The molecule has 0 amide bonds. The van der Waals surface area contributed by atoms with Crippen LogP contribution in [-0.2, 0) is 4.84 Å². The van der Waals surface area contributed by atoms with Crippen molar-refractivity contribution in [3.8, 4) is 0 Å². The minimum Gasteiger partial charge on any atom is -0.282 e. The van der Waals surface area contributed by atoms with E-state index in [0.29, 0.717) is 6.10 Å². The molecular weight excluding hydrogens is 153 g/mol. The van der Waals surface area contributed by atoms with Crippen LogP contribution < -0.4 is 0 Å². The highest BCUT2D eigenvalue weighted by molar-refractivity contribution is 8.01. The van der Waals surface area contributed by atoms with Crippen LogP contribution in [0.2, 0.25) is 0 Å². The molecule has 1 unspecified atom stereocenters. The molecular formula is C5H12NOPS. The summed E-state index contributed by atoms with van der Waals surface area (Å²) < 4.78 is 2.00. The van der Waals surface area contributed by atoms with Gasteiger partial charge in [0.25, 0.3) is 0 Å². The van der Waals surface area contributed by atoms with Gasteiger partial charge in [-0.25, -0.2) is 0 Å². The van der Waals surface area contributed by atoms with Gasteiger partial charge in [-0.3, -0.25) is 4.84 Å². The largest absolute Gasteiger partial charge is 0.282 e. The number of rotatable bonds is 2. The zero-order chi connectivity index (χ0) is 6.69. The molecule has 1 atom stereocenters. The summed E-state index contributed by atoms with van der Waals surface area (Å²) in [5, 5.41) is 0. The average molecular weight is 165 g/mol. The predicted octanol–water partition coefficient (Wildman–Crippen LogP) is 1.88. The third kappa shape index (κ3) is 2.85. The van der Waals surface area contributed by atoms with E-state index < -0.39 is 0 Å². The standard InChI is InChI=1S/C5H12NOPS/c1-5(2)7-6-8-3-4-9-6/h5,8H,3-4H2,1-2H3. The Bertz CT molecular complexity index is 85.0. The van der Waals surface area contributed by atoms with Crippen molar-refractivity contribution < 1.29 is 4.84 Å². The lowest BCUT2D eigenvalue weighted by atomic mass is 10.5. The maximum atomic E-state index is 5.42. The van der Waals surface area contributed by atoms with Crippen LogP contribution in [0.5, 0.6) is 0 Å². The van der Waals surface area contributed by atoms with Crippen LogP contribution in [0.25, 0.3) is 0 Å². The van der Waals surface area contributed by atoms with Crippen molar-refractivity contribution in [2.45, 2.75) is 20.0 Å². The van der Waals surface area contributed by atoms with E-state index in [0.717, 1.165) is 8.73 Å². The van der Waals surface area contributed by atoms with Gasteiger partial charge in [-0.05, 0) is 40.7 Å². The molecule has 54 valence electrons. The number of hydrogen-bond donors (Lipinski definition) is 0. The van der Waals surface area contributed by atoms with E-state index in [-0.39, 0.29) is 0 Å². The maximum absolute atomic E-state index is 5.42. The number of nitrogens with zero attached hydrogens (tertiary/aromatic N) is 1.